The molecular weight excluding hydrogens is 539 g/mol. The van der Waals surface area contributed by atoms with Gasteiger partial charge in [0, 0.05) is 30.1 Å². The summed E-state index contributed by atoms with van der Waals surface area (Å²) in [4.78, 5) is 35.7. The number of nitrogens with zero attached hydrogens (tertiary/aromatic N) is 5. The highest BCUT2D eigenvalue weighted by Crippen LogP contribution is 2.40. The zero-order valence-corrected chi connectivity index (χ0v) is 22.7. The fraction of sp³-hybridized carbons (Fsp3) is 0.200. The quantitative estimate of drug-likeness (QED) is 0.216. The van der Waals surface area contributed by atoms with Gasteiger partial charge in [-0.05, 0) is 36.4 Å². The van der Waals surface area contributed by atoms with Crippen LogP contribution in [0.5, 0.6) is 0 Å². The number of carbonyl (C=O) groups excluding carboxylic acids is 1. The lowest BCUT2D eigenvalue weighted by Crippen LogP contribution is -2.24. The van der Waals surface area contributed by atoms with Gasteiger partial charge in [-0.25, -0.2) is 14.4 Å². The van der Waals surface area contributed by atoms with Crippen molar-refractivity contribution >= 4 is 50.9 Å². The van der Waals surface area contributed by atoms with Crippen molar-refractivity contribution in [3.8, 4) is 21.8 Å². The lowest BCUT2D eigenvalue weighted by molar-refractivity contribution is -0.120. The van der Waals surface area contributed by atoms with E-state index in [9.17, 15) is 4.79 Å². The van der Waals surface area contributed by atoms with Crippen LogP contribution in [0.25, 0.3) is 38.4 Å². The second-order valence-electron chi connectivity index (χ2n) is 10.1. The van der Waals surface area contributed by atoms with Gasteiger partial charge in [0.1, 0.15) is 23.4 Å². The highest BCUT2D eigenvalue weighted by molar-refractivity contribution is 7.13. The lowest BCUT2D eigenvalue weighted by Gasteiger charge is -2.22. The second-order valence-corrected chi connectivity index (χ2v) is 11.0. The first-order valence-electron chi connectivity index (χ1n) is 13.5. The van der Waals surface area contributed by atoms with E-state index in [-0.39, 0.29) is 22.9 Å². The van der Waals surface area contributed by atoms with E-state index in [1.165, 1.54) is 25.1 Å². The standard InChI is InChI=1S/C30H25FN8OS/c31-25-24-21(14-34-26(25)18-11-19(13-32-12-18)38-30(40)17-5-2-1-3-6-17)36-16-37-27(24)22-15-35-28-20(39-22)8-9-33-29(28)23-7-4-10-41-23/h4,7-17,35,39H,1-3,5-6H2,(H,38,40). The highest BCUT2D eigenvalue weighted by atomic mass is 32.1. The molecule has 6 heterocycles. The number of hydrogen-bond donors (Lipinski definition) is 3. The van der Waals surface area contributed by atoms with Crippen LogP contribution in [-0.2, 0) is 4.79 Å². The van der Waals surface area contributed by atoms with Crippen molar-refractivity contribution in [2.24, 2.45) is 5.92 Å². The van der Waals surface area contributed by atoms with Crippen LogP contribution < -0.4 is 16.0 Å². The molecule has 0 aromatic carbocycles. The Bertz CT molecular complexity index is 1800. The normalized spacial score (nSPS) is 15.0. The van der Waals surface area contributed by atoms with Crippen molar-refractivity contribution in [3.05, 3.63) is 78.5 Å². The molecule has 7 rings (SSSR count). The summed E-state index contributed by atoms with van der Waals surface area (Å²) in [6, 6.07) is 7.55. The van der Waals surface area contributed by atoms with Crippen LogP contribution in [0, 0.1) is 11.7 Å². The number of hydrogen-bond acceptors (Lipinski definition) is 9. The third-order valence-electron chi connectivity index (χ3n) is 7.47. The van der Waals surface area contributed by atoms with Gasteiger partial charge in [-0.2, -0.15) is 0 Å². The molecular formula is C30H25FN8OS. The van der Waals surface area contributed by atoms with Crippen LogP contribution in [0.1, 0.15) is 37.8 Å². The predicted molar refractivity (Wildman–Crippen MR) is 158 cm³/mol. The maximum atomic E-state index is 16.3. The minimum Gasteiger partial charge on any atom is -0.356 e. The summed E-state index contributed by atoms with van der Waals surface area (Å²) in [6.45, 7) is 0. The maximum absolute atomic E-state index is 16.3. The predicted octanol–water partition coefficient (Wildman–Crippen LogP) is 6.70. The fourth-order valence-corrected chi connectivity index (χ4v) is 6.16. The Kier molecular flexibility index (Phi) is 6.56. The van der Waals surface area contributed by atoms with Gasteiger partial charge < -0.3 is 16.0 Å². The van der Waals surface area contributed by atoms with Crippen LogP contribution in [-0.4, -0.2) is 30.8 Å². The van der Waals surface area contributed by atoms with E-state index >= 15 is 4.39 Å². The van der Waals surface area contributed by atoms with Crippen LogP contribution in [0.15, 0.2) is 67.0 Å². The molecule has 0 unspecified atom stereocenters. The monoisotopic (exact) mass is 564 g/mol. The number of halogens is 1. The summed E-state index contributed by atoms with van der Waals surface area (Å²) in [5.41, 5.74) is 4.85. The molecule has 1 fully saturated rings. The number of anilines is 3. The van der Waals surface area contributed by atoms with Crippen molar-refractivity contribution < 1.29 is 9.18 Å². The Balaban J connectivity index is 1.22. The average molecular weight is 565 g/mol. The highest BCUT2D eigenvalue weighted by Gasteiger charge is 2.24. The van der Waals surface area contributed by atoms with Crippen LogP contribution in [0.2, 0.25) is 0 Å². The third-order valence-corrected chi connectivity index (χ3v) is 8.34. The second kappa shape index (κ2) is 10.7. The SMILES string of the molecule is O=C(Nc1cncc(-c2ncc3ncnc(C4=CNc5c(ccnc5-c5cccs5)N4)c3c2F)c1)C1CCCCC1. The Morgan fingerprint density at radius 3 is 2.76 bits per heavy atom. The van der Waals surface area contributed by atoms with E-state index in [1.54, 1.807) is 36.0 Å². The number of fused-ring (bicyclic) bond motifs is 2. The van der Waals surface area contributed by atoms with Crippen molar-refractivity contribution in [2.75, 3.05) is 16.0 Å². The Morgan fingerprint density at radius 1 is 1.00 bits per heavy atom. The van der Waals surface area contributed by atoms with Crippen LogP contribution >= 0.6 is 11.3 Å². The molecule has 0 spiro atoms. The zero-order valence-electron chi connectivity index (χ0n) is 21.9. The molecule has 0 atom stereocenters. The van der Waals surface area contributed by atoms with E-state index in [0.717, 1.165) is 47.6 Å². The number of nitrogens with one attached hydrogen (secondary N) is 3. The first kappa shape index (κ1) is 25.2. The molecule has 0 radical (unpaired) electrons. The summed E-state index contributed by atoms with van der Waals surface area (Å²) >= 11 is 1.60. The van der Waals surface area contributed by atoms with Crippen LogP contribution in [0.3, 0.4) is 0 Å². The van der Waals surface area contributed by atoms with Crippen molar-refractivity contribution in [1.29, 1.82) is 0 Å². The first-order valence-corrected chi connectivity index (χ1v) is 14.4. The summed E-state index contributed by atoms with van der Waals surface area (Å²) in [6.07, 6.45) is 14.6. The van der Waals surface area contributed by atoms with Crippen molar-refractivity contribution in [3.63, 3.8) is 0 Å². The van der Waals surface area contributed by atoms with Crippen LogP contribution in [0.4, 0.5) is 21.5 Å². The van der Waals surface area contributed by atoms with Gasteiger partial charge in [-0.3, -0.25) is 19.7 Å². The van der Waals surface area contributed by atoms with E-state index in [0.29, 0.717) is 28.2 Å². The summed E-state index contributed by atoms with van der Waals surface area (Å²) < 4.78 is 16.3. The van der Waals surface area contributed by atoms with Gasteiger partial charge in [0.25, 0.3) is 0 Å². The molecule has 1 amide bonds. The molecule has 5 aromatic rings. The number of pyridine rings is 3. The molecule has 3 N–H and O–H groups in total. The topological polar surface area (TPSA) is 118 Å². The van der Waals surface area contributed by atoms with Crippen molar-refractivity contribution in [2.45, 2.75) is 32.1 Å². The molecule has 11 heteroatoms. The third kappa shape index (κ3) is 4.78. The number of carbonyl (C=O) groups is 1. The Labute approximate surface area is 239 Å². The van der Waals surface area contributed by atoms with Gasteiger partial charge in [0.2, 0.25) is 5.91 Å². The minimum atomic E-state index is -0.571. The van der Waals surface area contributed by atoms with E-state index in [1.807, 2.05) is 23.6 Å². The number of aromatic nitrogens is 5. The van der Waals surface area contributed by atoms with Gasteiger partial charge >= 0.3 is 0 Å². The fourth-order valence-electron chi connectivity index (χ4n) is 5.43. The molecule has 5 aromatic heterocycles. The van der Waals surface area contributed by atoms with Gasteiger partial charge in [0.15, 0.2) is 5.82 Å². The molecule has 204 valence electrons. The largest absolute Gasteiger partial charge is 0.356 e. The Hall–Kier alpha value is -4.77. The van der Waals surface area contributed by atoms with E-state index in [4.69, 9.17) is 0 Å². The summed E-state index contributed by atoms with van der Waals surface area (Å²) in [7, 11) is 0. The van der Waals surface area contributed by atoms with Gasteiger partial charge in [-0.15, -0.1) is 11.3 Å². The average Bonchev–Trinajstić information content (AvgIpc) is 3.56. The summed E-state index contributed by atoms with van der Waals surface area (Å²) in [5, 5.41) is 11.9. The molecule has 1 saturated carbocycles. The molecule has 9 nitrogen and oxygen atoms in total. The molecule has 0 saturated heterocycles. The van der Waals surface area contributed by atoms with E-state index in [2.05, 4.69) is 40.9 Å². The maximum Gasteiger partial charge on any atom is 0.227 e. The molecule has 41 heavy (non-hydrogen) atoms. The number of rotatable bonds is 5. The lowest BCUT2D eigenvalue weighted by atomic mass is 9.88. The zero-order chi connectivity index (χ0) is 27.8. The first-order chi connectivity index (χ1) is 20.2. The van der Waals surface area contributed by atoms with Crippen molar-refractivity contribution in [1.82, 2.24) is 24.9 Å². The molecule has 2 aliphatic rings. The van der Waals surface area contributed by atoms with Gasteiger partial charge in [0.05, 0.1) is 50.9 Å². The Morgan fingerprint density at radius 2 is 1.90 bits per heavy atom. The minimum absolute atomic E-state index is 0.00479. The molecule has 1 aliphatic heterocycles. The molecule has 1 aliphatic carbocycles. The van der Waals surface area contributed by atoms with E-state index < -0.39 is 5.82 Å². The smallest absolute Gasteiger partial charge is 0.227 e. The molecule has 0 bridgehead atoms. The number of amides is 1. The number of thiophene rings is 1. The van der Waals surface area contributed by atoms with Gasteiger partial charge in [-0.1, -0.05) is 25.3 Å². The summed E-state index contributed by atoms with van der Waals surface area (Å²) in [5.74, 6) is -0.597.